The molecule has 0 saturated carbocycles. The SMILES string of the molecule is C=CCCCCC=CCCC[C@@H](O)CCCCCCCCCCCCCCCCCCCCCCC. The van der Waals surface area contributed by atoms with E-state index in [0.717, 1.165) is 32.1 Å². The molecule has 0 unspecified atom stereocenters. The third-order valence-electron chi connectivity index (χ3n) is 7.74. The van der Waals surface area contributed by atoms with Gasteiger partial charge in [-0.1, -0.05) is 160 Å². The second kappa shape index (κ2) is 32.5. The van der Waals surface area contributed by atoms with Crippen molar-refractivity contribution in [1.82, 2.24) is 0 Å². The van der Waals surface area contributed by atoms with Crippen LogP contribution in [0.25, 0.3) is 0 Å². The Balaban J connectivity index is 3.15. The molecule has 214 valence electrons. The normalized spacial score (nSPS) is 12.5. The van der Waals surface area contributed by atoms with Crippen molar-refractivity contribution in [1.29, 1.82) is 0 Å². The molecule has 0 fully saturated rings. The van der Waals surface area contributed by atoms with Crippen LogP contribution in [0.15, 0.2) is 24.8 Å². The summed E-state index contributed by atoms with van der Waals surface area (Å²) in [5, 5.41) is 10.2. The summed E-state index contributed by atoms with van der Waals surface area (Å²) >= 11 is 0. The van der Waals surface area contributed by atoms with Crippen molar-refractivity contribution in [2.45, 2.75) is 199 Å². The highest BCUT2D eigenvalue weighted by Gasteiger charge is 2.03. The number of aliphatic hydroxyl groups excluding tert-OH is 1. The number of rotatable bonds is 31. The van der Waals surface area contributed by atoms with Crippen LogP contribution in [0.1, 0.15) is 193 Å². The highest BCUT2D eigenvalue weighted by molar-refractivity contribution is 4.82. The highest BCUT2D eigenvalue weighted by atomic mass is 16.3. The van der Waals surface area contributed by atoms with Gasteiger partial charge in [-0.05, 0) is 51.4 Å². The summed E-state index contributed by atoms with van der Waals surface area (Å²) < 4.78 is 0. The zero-order valence-corrected chi connectivity index (χ0v) is 25.0. The van der Waals surface area contributed by atoms with Gasteiger partial charge in [0.1, 0.15) is 0 Å². The molecule has 0 heterocycles. The van der Waals surface area contributed by atoms with Gasteiger partial charge >= 0.3 is 0 Å². The van der Waals surface area contributed by atoms with Crippen LogP contribution in [0.5, 0.6) is 0 Å². The maximum Gasteiger partial charge on any atom is 0.0540 e. The molecule has 0 amide bonds. The molecule has 0 spiro atoms. The number of allylic oxidation sites excluding steroid dienone is 3. The summed E-state index contributed by atoms with van der Waals surface area (Å²) in [6, 6.07) is 0. The van der Waals surface area contributed by atoms with Crippen molar-refractivity contribution in [2.75, 3.05) is 0 Å². The molecule has 0 aromatic heterocycles. The lowest BCUT2D eigenvalue weighted by Crippen LogP contribution is -2.05. The lowest BCUT2D eigenvalue weighted by Gasteiger charge is -2.09. The van der Waals surface area contributed by atoms with Gasteiger partial charge in [-0.2, -0.15) is 0 Å². The van der Waals surface area contributed by atoms with Gasteiger partial charge < -0.3 is 5.11 Å². The molecule has 0 aliphatic rings. The van der Waals surface area contributed by atoms with Crippen molar-refractivity contribution in [3.8, 4) is 0 Å². The number of aliphatic hydroxyl groups is 1. The molecular weight excluding hydrogens is 436 g/mol. The maximum absolute atomic E-state index is 10.2. The number of unbranched alkanes of at least 4 members (excludes halogenated alkanes) is 24. The Morgan fingerprint density at radius 3 is 1.19 bits per heavy atom. The van der Waals surface area contributed by atoms with E-state index in [-0.39, 0.29) is 6.10 Å². The Hall–Kier alpha value is -0.560. The summed E-state index contributed by atoms with van der Waals surface area (Å²) in [5.74, 6) is 0. The molecule has 1 heteroatoms. The van der Waals surface area contributed by atoms with Gasteiger partial charge in [0.2, 0.25) is 0 Å². The first kappa shape index (κ1) is 35.4. The molecule has 1 atom stereocenters. The van der Waals surface area contributed by atoms with Crippen LogP contribution < -0.4 is 0 Å². The topological polar surface area (TPSA) is 20.2 Å². The molecule has 0 aliphatic carbocycles. The molecular formula is C35H68O. The fourth-order valence-corrected chi connectivity index (χ4v) is 5.21. The third kappa shape index (κ3) is 31.5. The van der Waals surface area contributed by atoms with E-state index in [9.17, 15) is 5.11 Å². The monoisotopic (exact) mass is 505 g/mol. The predicted octanol–water partition coefficient (Wildman–Crippen LogP) is 12.4. The molecule has 0 radical (unpaired) electrons. The van der Waals surface area contributed by atoms with E-state index in [1.807, 2.05) is 6.08 Å². The van der Waals surface area contributed by atoms with Crippen molar-refractivity contribution in [2.24, 2.45) is 0 Å². The van der Waals surface area contributed by atoms with E-state index in [2.05, 4.69) is 25.7 Å². The zero-order valence-electron chi connectivity index (χ0n) is 25.0. The quantitative estimate of drug-likeness (QED) is 0.0735. The standard InChI is InChI=1S/C35H68O/c1-3-5-7-9-11-13-14-15-16-17-18-19-20-21-22-23-24-26-28-30-32-34-35(36)33-31-29-27-25-12-10-8-6-4-2/h4,25,27,35-36H,2-3,5-24,26,28-34H2,1H3/t35-/m1/s1. The minimum absolute atomic E-state index is 0.0775. The van der Waals surface area contributed by atoms with Crippen LogP contribution in [0.2, 0.25) is 0 Å². The van der Waals surface area contributed by atoms with Crippen molar-refractivity contribution in [3.05, 3.63) is 24.8 Å². The van der Waals surface area contributed by atoms with Crippen LogP contribution in [-0.4, -0.2) is 11.2 Å². The fraction of sp³-hybridized carbons (Fsp3) is 0.886. The van der Waals surface area contributed by atoms with Crippen LogP contribution in [0, 0.1) is 0 Å². The largest absolute Gasteiger partial charge is 0.393 e. The average molecular weight is 505 g/mol. The van der Waals surface area contributed by atoms with Gasteiger partial charge in [0.05, 0.1) is 6.10 Å². The summed E-state index contributed by atoms with van der Waals surface area (Å²) in [4.78, 5) is 0. The van der Waals surface area contributed by atoms with Crippen LogP contribution in [0.3, 0.4) is 0 Å². The van der Waals surface area contributed by atoms with Crippen LogP contribution in [-0.2, 0) is 0 Å². The molecule has 36 heavy (non-hydrogen) atoms. The van der Waals surface area contributed by atoms with E-state index in [1.165, 1.54) is 154 Å². The summed E-state index contributed by atoms with van der Waals surface area (Å²) in [6.07, 6.45) is 45.6. The lowest BCUT2D eigenvalue weighted by molar-refractivity contribution is 0.148. The first-order valence-corrected chi connectivity index (χ1v) is 16.7. The Morgan fingerprint density at radius 2 is 0.778 bits per heavy atom. The summed E-state index contributed by atoms with van der Waals surface area (Å²) in [6.45, 7) is 6.06. The Labute approximate surface area is 229 Å². The molecule has 0 rings (SSSR count). The Kier molecular flexibility index (Phi) is 32.0. The van der Waals surface area contributed by atoms with Gasteiger partial charge in [-0.3, -0.25) is 0 Å². The second-order valence-corrected chi connectivity index (χ2v) is 11.5. The van der Waals surface area contributed by atoms with Crippen molar-refractivity contribution < 1.29 is 5.11 Å². The van der Waals surface area contributed by atoms with E-state index in [4.69, 9.17) is 0 Å². The molecule has 0 bridgehead atoms. The smallest absolute Gasteiger partial charge is 0.0540 e. The van der Waals surface area contributed by atoms with Crippen molar-refractivity contribution in [3.63, 3.8) is 0 Å². The van der Waals surface area contributed by atoms with Crippen molar-refractivity contribution >= 4 is 0 Å². The third-order valence-corrected chi connectivity index (χ3v) is 7.74. The molecule has 0 aromatic rings. The number of hydrogen-bond acceptors (Lipinski definition) is 1. The van der Waals surface area contributed by atoms with Gasteiger partial charge in [0, 0.05) is 0 Å². The minimum atomic E-state index is -0.0775. The summed E-state index contributed by atoms with van der Waals surface area (Å²) in [5.41, 5.74) is 0. The van der Waals surface area contributed by atoms with Gasteiger partial charge in [-0.25, -0.2) is 0 Å². The van der Waals surface area contributed by atoms with E-state index >= 15 is 0 Å². The zero-order chi connectivity index (χ0) is 26.2. The minimum Gasteiger partial charge on any atom is -0.393 e. The van der Waals surface area contributed by atoms with E-state index in [0.29, 0.717) is 0 Å². The van der Waals surface area contributed by atoms with Gasteiger partial charge in [0.25, 0.3) is 0 Å². The molecule has 0 aliphatic heterocycles. The van der Waals surface area contributed by atoms with Gasteiger partial charge in [0.15, 0.2) is 0 Å². The Bertz CT molecular complexity index is 426. The first-order valence-electron chi connectivity index (χ1n) is 16.7. The average Bonchev–Trinajstić information content (AvgIpc) is 2.88. The Morgan fingerprint density at radius 1 is 0.444 bits per heavy atom. The summed E-state index contributed by atoms with van der Waals surface area (Å²) in [7, 11) is 0. The van der Waals surface area contributed by atoms with Crippen LogP contribution >= 0.6 is 0 Å². The van der Waals surface area contributed by atoms with E-state index in [1.54, 1.807) is 0 Å². The molecule has 0 saturated heterocycles. The van der Waals surface area contributed by atoms with E-state index < -0.39 is 0 Å². The fourth-order valence-electron chi connectivity index (χ4n) is 5.21. The van der Waals surface area contributed by atoms with Crippen LogP contribution in [0.4, 0.5) is 0 Å². The molecule has 1 nitrogen and oxygen atoms in total. The van der Waals surface area contributed by atoms with Gasteiger partial charge in [-0.15, -0.1) is 6.58 Å². The highest BCUT2D eigenvalue weighted by Crippen LogP contribution is 2.16. The molecule has 0 aromatic carbocycles. The first-order chi connectivity index (χ1) is 17.8. The predicted molar refractivity (Wildman–Crippen MR) is 165 cm³/mol. The number of hydrogen-bond donors (Lipinski definition) is 1. The maximum atomic E-state index is 10.2. The second-order valence-electron chi connectivity index (χ2n) is 11.5. The lowest BCUT2D eigenvalue weighted by atomic mass is 10.0. The molecule has 1 N–H and O–H groups in total.